The van der Waals surface area contributed by atoms with Crippen molar-refractivity contribution in [2.45, 2.75) is 26.2 Å². The van der Waals surface area contributed by atoms with E-state index in [2.05, 4.69) is 4.90 Å². The summed E-state index contributed by atoms with van der Waals surface area (Å²) in [5.74, 6) is -0.829. The molecular weight excluding hydrogens is 202 g/mol. The van der Waals surface area contributed by atoms with Gasteiger partial charge in [0.25, 0.3) is 0 Å². The quantitative estimate of drug-likeness (QED) is 0.849. The van der Waals surface area contributed by atoms with Gasteiger partial charge in [0.05, 0.1) is 5.56 Å². The van der Waals surface area contributed by atoms with Crippen molar-refractivity contribution in [3.05, 3.63) is 29.3 Å². The summed E-state index contributed by atoms with van der Waals surface area (Å²) in [6.07, 6.45) is 3.24. The molecule has 0 unspecified atom stereocenters. The molecule has 16 heavy (non-hydrogen) atoms. The average molecular weight is 219 g/mol. The highest BCUT2D eigenvalue weighted by Crippen LogP contribution is 2.23. The zero-order chi connectivity index (χ0) is 11.5. The number of carboxylic acids is 1. The Hall–Kier alpha value is -1.51. The van der Waals surface area contributed by atoms with Crippen LogP contribution in [0.2, 0.25) is 0 Å². The first-order valence-corrected chi connectivity index (χ1v) is 5.83. The molecule has 0 amide bonds. The molecule has 0 saturated carbocycles. The lowest BCUT2D eigenvalue weighted by Crippen LogP contribution is -2.18. The Morgan fingerprint density at radius 2 is 2.06 bits per heavy atom. The number of aromatic carboxylic acids is 1. The molecular formula is C13H17NO2. The van der Waals surface area contributed by atoms with Crippen molar-refractivity contribution in [3.63, 3.8) is 0 Å². The van der Waals surface area contributed by atoms with Gasteiger partial charge in [0.2, 0.25) is 0 Å². The monoisotopic (exact) mass is 219 g/mol. The van der Waals surface area contributed by atoms with Gasteiger partial charge in [0.15, 0.2) is 0 Å². The number of hydrogen-bond acceptors (Lipinski definition) is 2. The smallest absolute Gasteiger partial charge is 0.335 e. The number of anilines is 1. The molecule has 1 N–H and O–H groups in total. The highest BCUT2D eigenvalue weighted by molar-refractivity contribution is 5.90. The van der Waals surface area contributed by atoms with Crippen LogP contribution in [0.1, 0.15) is 35.7 Å². The number of aryl methyl sites for hydroxylation is 1. The first kappa shape index (κ1) is 11.0. The molecule has 1 heterocycles. The number of benzene rings is 1. The van der Waals surface area contributed by atoms with Crippen LogP contribution in [0.25, 0.3) is 0 Å². The Morgan fingerprint density at radius 3 is 2.62 bits per heavy atom. The molecule has 0 atom stereocenters. The molecule has 0 aliphatic carbocycles. The van der Waals surface area contributed by atoms with Crippen LogP contribution in [0.5, 0.6) is 0 Å². The van der Waals surface area contributed by atoms with Gasteiger partial charge in [-0.15, -0.1) is 0 Å². The Balaban J connectivity index is 2.32. The van der Waals surface area contributed by atoms with Gasteiger partial charge in [0, 0.05) is 18.8 Å². The van der Waals surface area contributed by atoms with E-state index in [1.165, 1.54) is 18.5 Å². The van der Waals surface area contributed by atoms with Gasteiger partial charge in [-0.05, 0) is 43.0 Å². The molecule has 0 spiro atoms. The van der Waals surface area contributed by atoms with Crippen LogP contribution in [-0.2, 0) is 6.42 Å². The number of hydrogen-bond donors (Lipinski definition) is 1. The number of rotatable bonds is 3. The molecule has 1 aliphatic rings. The molecule has 3 nitrogen and oxygen atoms in total. The molecule has 3 heteroatoms. The topological polar surface area (TPSA) is 40.5 Å². The maximum atomic E-state index is 11.0. The van der Waals surface area contributed by atoms with Gasteiger partial charge in [-0.1, -0.05) is 6.92 Å². The summed E-state index contributed by atoms with van der Waals surface area (Å²) in [5.41, 5.74) is 2.53. The summed E-state index contributed by atoms with van der Waals surface area (Å²) in [5, 5.41) is 9.04. The van der Waals surface area contributed by atoms with Crippen LogP contribution in [0, 0.1) is 0 Å². The van der Waals surface area contributed by atoms with E-state index in [1.807, 2.05) is 19.1 Å². The first-order chi connectivity index (χ1) is 7.72. The van der Waals surface area contributed by atoms with Gasteiger partial charge >= 0.3 is 5.97 Å². The molecule has 2 rings (SSSR count). The molecule has 1 aromatic rings. The molecule has 0 radical (unpaired) electrons. The standard InChI is InChI=1S/C13H17NO2/c1-2-10-9-11(14-7-3-4-8-14)5-6-12(10)13(15)16/h5-6,9H,2-4,7-8H2,1H3,(H,15,16). The van der Waals surface area contributed by atoms with Crippen molar-refractivity contribution < 1.29 is 9.90 Å². The largest absolute Gasteiger partial charge is 0.478 e. The fourth-order valence-corrected chi connectivity index (χ4v) is 2.25. The van der Waals surface area contributed by atoms with Crippen LogP contribution in [-0.4, -0.2) is 24.2 Å². The lowest BCUT2D eigenvalue weighted by atomic mass is 10.0. The fourth-order valence-electron chi connectivity index (χ4n) is 2.25. The lowest BCUT2D eigenvalue weighted by Gasteiger charge is -2.19. The van der Waals surface area contributed by atoms with Crippen LogP contribution < -0.4 is 4.90 Å². The van der Waals surface area contributed by atoms with Gasteiger partial charge < -0.3 is 10.0 Å². The lowest BCUT2D eigenvalue weighted by molar-refractivity contribution is 0.0696. The zero-order valence-electron chi connectivity index (χ0n) is 9.57. The Morgan fingerprint density at radius 1 is 1.38 bits per heavy atom. The fraction of sp³-hybridized carbons (Fsp3) is 0.462. The number of carboxylic acid groups (broad SMARTS) is 1. The van der Waals surface area contributed by atoms with Crippen LogP contribution >= 0.6 is 0 Å². The molecule has 1 fully saturated rings. The van der Waals surface area contributed by atoms with E-state index in [1.54, 1.807) is 6.07 Å². The SMILES string of the molecule is CCc1cc(N2CCCC2)ccc1C(=O)O. The Bertz CT molecular complexity index is 395. The van der Waals surface area contributed by atoms with E-state index in [9.17, 15) is 4.79 Å². The van der Waals surface area contributed by atoms with Crippen molar-refractivity contribution in [1.82, 2.24) is 0 Å². The predicted octanol–water partition coefficient (Wildman–Crippen LogP) is 2.55. The second kappa shape index (κ2) is 4.56. The highest BCUT2D eigenvalue weighted by atomic mass is 16.4. The summed E-state index contributed by atoms with van der Waals surface area (Å²) >= 11 is 0. The van der Waals surface area contributed by atoms with Crippen molar-refractivity contribution in [1.29, 1.82) is 0 Å². The first-order valence-electron chi connectivity index (χ1n) is 5.83. The summed E-state index contributed by atoms with van der Waals surface area (Å²) in [6, 6.07) is 5.68. The summed E-state index contributed by atoms with van der Waals surface area (Å²) < 4.78 is 0. The molecule has 86 valence electrons. The third-order valence-corrected chi connectivity index (χ3v) is 3.17. The predicted molar refractivity (Wildman–Crippen MR) is 64.2 cm³/mol. The Kier molecular flexibility index (Phi) is 3.13. The van der Waals surface area contributed by atoms with Crippen molar-refractivity contribution in [2.24, 2.45) is 0 Å². The van der Waals surface area contributed by atoms with Crippen LogP contribution in [0.15, 0.2) is 18.2 Å². The molecule has 0 aromatic heterocycles. The van der Waals surface area contributed by atoms with Gasteiger partial charge in [0.1, 0.15) is 0 Å². The minimum absolute atomic E-state index is 0.436. The van der Waals surface area contributed by atoms with Crippen molar-refractivity contribution in [2.75, 3.05) is 18.0 Å². The van der Waals surface area contributed by atoms with Crippen molar-refractivity contribution in [3.8, 4) is 0 Å². The van der Waals surface area contributed by atoms with E-state index in [4.69, 9.17) is 5.11 Å². The summed E-state index contributed by atoms with van der Waals surface area (Å²) in [4.78, 5) is 13.3. The third-order valence-electron chi connectivity index (χ3n) is 3.17. The number of carbonyl (C=O) groups is 1. The average Bonchev–Trinajstić information content (AvgIpc) is 2.81. The van der Waals surface area contributed by atoms with E-state index in [-0.39, 0.29) is 0 Å². The zero-order valence-corrected chi connectivity index (χ0v) is 9.57. The highest BCUT2D eigenvalue weighted by Gasteiger charge is 2.15. The Labute approximate surface area is 95.7 Å². The van der Waals surface area contributed by atoms with Crippen molar-refractivity contribution >= 4 is 11.7 Å². The minimum atomic E-state index is -0.829. The second-order valence-electron chi connectivity index (χ2n) is 4.19. The normalized spacial score (nSPS) is 15.4. The van der Waals surface area contributed by atoms with E-state index < -0.39 is 5.97 Å². The third kappa shape index (κ3) is 2.03. The van der Waals surface area contributed by atoms with Gasteiger partial charge in [-0.3, -0.25) is 0 Å². The number of nitrogens with zero attached hydrogens (tertiary/aromatic N) is 1. The van der Waals surface area contributed by atoms with E-state index in [0.717, 1.165) is 25.1 Å². The van der Waals surface area contributed by atoms with E-state index in [0.29, 0.717) is 5.56 Å². The minimum Gasteiger partial charge on any atom is -0.478 e. The maximum absolute atomic E-state index is 11.0. The maximum Gasteiger partial charge on any atom is 0.335 e. The second-order valence-corrected chi connectivity index (χ2v) is 4.19. The summed E-state index contributed by atoms with van der Waals surface area (Å²) in [7, 11) is 0. The molecule has 0 bridgehead atoms. The molecule has 1 saturated heterocycles. The van der Waals surface area contributed by atoms with Gasteiger partial charge in [-0.2, -0.15) is 0 Å². The molecule has 1 aliphatic heterocycles. The molecule has 1 aromatic carbocycles. The van der Waals surface area contributed by atoms with E-state index >= 15 is 0 Å². The van der Waals surface area contributed by atoms with Crippen LogP contribution in [0.3, 0.4) is 0 Å². The van der Waals surface area contributed by atoms with Crippen LogP contribution in [0.4, 0.5) is 5.69 Å². The van der Waals surface area contributed by atoms with Gasteiger partial charge in [-0.25, -0.2) is 4.79 Å². The summed E-state index contributed by atoms with van der Waals surface area (Å²) in [6.45, 7) is 4.18.